The summed E-state index contributed by atoms with van der Waals surface area (Å²) in [5, 5.41) is 15.1. The highest BCUT2D eigenvalue weighted by Crippen LogP contribution is 2.15. The minimum Gasteiger partial charge on any atom is -0.282 e. The predicted molar refractivity (Wildman–Crippen MR) is 73.7 cm³/mol. The quantitative estimate of drug-likeness (QED) is 0.370. The van der Waals surface area contributed by atoms with Gasteiger partial charge in [-0.1, -0.05) is 30.3 Å². The summed E-state index contributed by atoms with van der Waals surface area (Å²) in [6, 6.07) is 8.18. The number of Topliss-reactive ketones (excluding diaryl/α,β-unsaturated/α-hetero) is 1. The highest BCUT2D eigenvalue weighted by Gasteiger charge is 2.24. The van der Waals surface area contributed by atoms with Crippen molar-refractivity contribution in [1.82, 2.24) is 9.78 Å². The number of aromatic nitrogens is 2. The van der Waals surface area contributed by atoms with Gasteiger partial charge in [0.1, 0.15) is 0 Å². The summed E-state index contributed by atoms with van der Waals surface area (Å²) in [6.07, 6.45) is 2.76. The summed E-state index contributed by atoms with van der Waals surface area (Å²) in [5.41, 5.74) is 1.14. The Bertz CT molecular complexity index is 687. The molecule has 6 nitrogen and oxygen atoms in total. The van der Waals surface area contributed by atoms with Crippen molar-refractivity contribution in [3.63, 3.8) is 0 Å². The fourth-order valence-electron chi connectivity index (χ4n) is 1.74. The second kappa shape index (κ2) is 5.48. The molecule has 0 aliphatic carbocycles. The molecule has 1 heterocycles. The van der Waals surface area contributed by atoms with E-state index in [-0.39, 0.29) is 5.56 Å². The van der Waals surface area contributed by atoms with Crippen LogP contribution in [-0.2, 0) is 7.05 Å². The third-order valence-corrected chi connectivity index (χ3v) is 3.03. The Morgan fingerprint density at radius 2 is 2.00 bits per heavy atom. The van der Waals surface area contributed by atoms with Gasteiger partial charge in [0.25, 0.3) is 5.78 Å². The summed E-state index contributed by atoms with van der Waals surface area (Å²) in [5.74, 6) is -0.612. The molecule has 0 fully saturated rings. The van der Waals surface area contributed by atoms with E-state index < -0.39 is 16.4 Å². The predicted octanol–water partition coefficient (Wildman–Crippen LogP) is 2.23. The zero-order valence-electron chi connectivity index (χ0n) is 11.1. The second-order valence-corrected chi connectivity index (χ2v) is 4.29. The molecule has 0 N–H and O–H groups in total. The minimum atomic E-state index is -0.665. The molecule has 0 saturated carbocycles. The third-order valence-electron chi connectivity index (χ3n) is 3.03. The number of hydrogen-bond acceptors (Lipinski definition) is 4. The lowest BCUT2D eigenvalue weighted by atomic mass is 10.1. The second-order valence-electron chi connectivity index (χ2n) is 4.29. The molecule has 6 heteroatoms. The molecular formula is C14H13N3O3. The molecule has 0 atom stereocenters. The van der Waals surface area contributed by atoms with Crippen LogP contribution in [0.3, 0.4) is 0 Å². The first-order valence-corrected chi connectivity index (χ1v) is 5.95. The highest BCUT2D eigenvalue weighted by atomic mass is 16.6. The number of allylic oxidation sites excluding steroid dienone is 1. The summed E-state index contributed by atoms with van der Waals surface area (Å²) < 4.78 is 1.59. The normalized spacial score (nSPS) is 11.4. The van der Waals surface area contributed by atoms with Crippen molar-refractivity contribution < 1.29 is 9.72 Å². The fourth-order valence-corrected chi connectivity index (χ4v) is 1.74. The van der Waals surface area contributed by atoms with Gasteiger partial charge in [0, 0.05) is 29.9 Å². The molecule has 1 aromatic carbocycles. The molecular weight excluding hydrogens is 258 g/mol. The maximum Gasteiger partial charge on any atom is 0.317 e. The number of carbonyl (C=O) groups is 1. The molecule has 20 heavy (non-hydrogen) atoms. The van der Waals surface area contributed by atoms with Gasteiger partial charge in [-0.3, -0.25) is 19.6 Å². The molecule has 102 valence electrons. The average molecular weight is 271 g/mol. The first-order chi connectivity index (χ1) is 9.50. The lowest BCUT2D eigenvalue weighted by Crippen LogP contribution is -2.11. The average Bonchev–Trinajstić information content (AvgIpc) is 2.76. The van der Waals surface area contributed by atoms with Crippen molar-refractivity contribution in [3.8, 4) is 0 Å². The smallest absolute Gasteiger partial charge is 0.282 e. The molecule has 0 amide bonds. The van der Waals surface area contributed by atoms with Crippen molar-refractivity contribution in [1.29, 1.82) is 0 Å². The first kappa shape index (κ1) is 13.7. The van der Waals surface area contributed by atoms with Crippen LogP contribution in [0, 0.1) is 17.0 Å². The van der Waals surface area contributed by atoms with Crippen molar-refractivity contribution in [3.05, 3.63) is 69.2 Å². The summed E-state index contributed by atoms with van der Waals surface area (Å²) in [4.78, 5) is 22.6. The van der Waals surface area contributed by atoms with E-state index >= 15 is 0 Å². The summed E-state index contributed by atoms with van der Waals surface area (Å²) >= 11 is 0. The topological polar surface area (TPSA) is 78.0 Å². The number of hydrogen-bond donors (Lipinski definition) is 0. The van der Waals surface area contributed by atoms with Gasteiger partial charge in [-0.25, -0.2) is 0 Å². The van der Waals surface area contributed by atoms with Crippen LogP contribution < -0.4 is 0 Å². The summed E-state index contributed by atoms with van der Waals surface area (Å²) in [6.45, 7) is 1.78. The van der Waals surface area contributed by atoms with Gasteiger partial charge in [0.15, 0.2) is 0 Å². The van der Waals surface area contributed by atoms with E-state index in [1.54, 1.807) is 49.0 Å². The maximum atomic E-state index is 12.2. The molecule has 0 unspecified atom stereocenters. The van der Waals surface area contributed by atoms with E-state index in [1.165, 1.54) is 12.3 Å². The number of benzene rings is 1. The number of nitro groups is 1. The Labute approximate surface area is 115 Å². The van der Waals surface area contributed by atoms with Crippen molar-refractivity contribution >= 4 is 11.9 Å². The SMILES string of the molecule is Cc1c(/C=C(\C(=O)c2ccccc2)[N+](=O)[O-])cnn1C. The highest BCUT2D eigenvalue weighted by molar-refractivity contribution is 6.09. The molecule has 1 aromatic heterocycles. The van der Waals surface area contributed by atoms with Crippen LogP contribution in [-0.4, -0.2) is 20.5 Å². The molecule has 2 rings (SSSR count). The van der Waals surface area contributed by atoms with Gasteiger partial charge in [0.05, 0.1) is 11.1 Å². The molecule has 2 aromatic rings. The number of aryl methyl sites for hydroxylation is 1. The lowest BCUT2D eigenvalue weighted by Gasteiger charge is -1.99. The van der Waals surface area contributed by atoms with Crippen LogP contribution in [0.25, 0.3) is 6.08 Å². The zero-order valence-corrected chi connectivity index (χ0v) is 11.1. The maximum absolute atomic E-state index is 12.2. The molecule has 0 bridgehead atoms. The largest absolute Gasteiger partial charge is 0.317 e. The minimum absolute atomic E-state index is 0.289. The van der Waals surface area contributed by atoms with Gasteiger partial charge in [0.2, 0.25) is 0 Å². The third kappa shape index (κ3) is 2.64. The van der Waals surface area contributed by atoms with E-state index in [0.717, 1.165) is 5.69 Å². The van der Waals surface area contributed by atoms with Gasteiger partial charge in [-0.05, 0) is 6.92 Å². The van der Waals surface area contributed by atoms with Gasteiger partial charge in [-0.15, -0.1) is 0 Å². The van der Waals surface area contributed by atoms with E-state index in [0.29, 0.717) is 5.56 Å². The van der Waals surface area contributed by atoms with Crippen LogP contribution in [0.4, 0.5) is 0 Å². The van der Waals surface area contributed by atoms with Crippen molar-refractivity contribution in [2.45, 2.75) is 6.92 Å². The fraction of sp³-hybridized carbons (Fsp3) is 0.143. The van der Waals surface area contributed by atoms with Crippen LogP contribution in [0.2, 0.25) is 0 Å². The lowest BCUT2D eigenvalue weighted by molar-refractivity contribution is -0.415. The van der Waals surface area contributed by atoms with Crippen LogP contribution in [0.1, 0.15) is 21.6 Å². The van der Waals surface area contributed by atoms with E-state index in [2.05, 4.69) is 5.10 Å². The Hall–Kier alpha value is -2.76. The van der Waals surface area contributed by atoms with Crippen LogP contribution in [0.15, 0.2) is 42.2 Å². The molecule has 0 spiro atoms. The van der Waals surface area contributed by atoms with Crippen molar-refractivity contribution in [2.75, 3.05) is 0 Å². The number of rotatable bonds is 4. The van der Waals surface area contributed by atoms with E-state index in [9.17, 15) is 14.9 Å². The molecule has 0 aliphatic heterocycles. The Morgan fingerprint density at radius 3 is 2.50 bits per heavy atom. The van der Waals surface area contributed by atoms with Crippen molar-refractivity contribution in [2.24, 2.45) is 7.05 Å². The molecule has 0 aliphatic rings. The Balaban J connectivity index is 2.45. The monoisotopic (exact) mass is 271 g/mol. The van der Waals surface area contributed by atoms with Gasteiger partial charge in [-0.2, -0.15) is 5.10 Å². The molecule has 0 radical (unpaired) electrons. The standard InChI is InChI=1S/C14H13N3O3/c1-10-12(9-15-16(10)2)8-13(17(19)20)14(18)11-6-4-3-5-7-11/h3-9H,1-2H3/b13-8+. The van der Waals surface area contributed by atoms with Crippen LogP contribution in [0.5, 0.6) is 0 Å². The first-order valence-electron chi connectivity index (χ1n) is 5.95. The molecule has 0 saturated heterocycles. The van der Waals surface area contributed by atoms with Crippen LogP contribution >= 0.6 is 0 Å². The number of ketones is 1. The van der Waals surface area contributed by atoms with Gasteiger partial charge >= 0.3 is 5.70 Å². The van der Waals surface area contributed by atoms with E-state index in [1.807, 2.05) is 0 Å². The Morgan fingerprint density at radius 1 is 1.35 bits per heavy atom. The Kier molecular flexibility index (Phi) is 3.74. The number of carbonyl (C=O) groups excluding carboxylic acids is 1. The van der Waals surface area contributed by atoms with Gasteiger partial charge < -0.3 is 0 Å². The summed E-state index contributed by atoms with van der Waals surface area (Å²) in [7, 11) is 1.73. The van der Waals surface area contributed by atoms with E-state index in [4.69, 9.17) is 0 Å². The zero-order chi connectivity index (χ0) is 14.7. The number of nitrogens with zero attached hydrogens (tertiary/aromatic N) is 3.